The number of benzene rings is 1. The van der Waals surface area contributed by atoms with E-state index in [1.54, 1.807) is 0 Å². The lowest BCUT2D eigenvalue weighted by atomic mass is 9.98. The summed E-state index contributed by atoms with van der Waals surface area (Å²) in [5.74, 6) is 5.75. The van der Waals surface area contributed by atoms with Gasteiger partial charge in [-0.3, -0.25) is 4.90 Å². The largest absolute Gasteiger partial charge is 0.396 e. The number of aliphatic hydroxyl groups is 2. The van der Waals surface area contributed by atoms with Crippen molar-refractivity contribution in [2.45, 2.75) is 38.3 Å². The number of hydrogen-bond acceptors (Lipinski definition) is 3. The Morgan fingerprint density at radius 2 is 2.05 bits per heavy atom. The van der Waals surface area contributed by atoms with Crippen molar-refractivity contribution in [2.24, 2.45) is 0 Å². The van der Waals surface area contributed by atoms with Crippen molar-refractivity contribution in [3.8, 4) is 11.8 Å². The van der Waals surface area contributed by atoms with E-state index in [2.05, 4.69) is 22.8 Å². The van der Waals surface area contributed by atoms with Crippen LogP contribution in [-0.2, 0) is 6.54 Å². The SMILES string of the molecule is OCC#Cc1ccccc1CN1CCCCC1CCO. The monoisotopic (exact) mass is 273 g/mol. The first-order chi connectivity index (χ1) is 9.85. The molecule has 0 spiro atoms. The maximum atomic E-state index is 9.20. The predicted molar refractivity (Wildman–Crippen MR) is 80.2 cm³/mol. The minimum absolute atomic E-state index is 0.106. The van der Waals surface area contributed by atoms with Crippen LogP contribution in [0.2, 0.25) is 0 Å². The highest BCUT2D eigenvalue weighted by Gasteiger charge is 2.22. The Bertz CT molecular complexity index is 473. The zero-order valence-corrected chi connectivity index (χ0v) is 11.9. The van der Waals surface area contributed by atoms with Crippen LogP contribution in [0.1, 0.15) is 36.8 Å². The quantitative estimate of drug-likeness (QED) is 0.822. The Labute approximate surface area is 121 Å². The molecule has 20 heavy (non-hydrogen) atoms. The third-order valence-corrected chi connectivity index (χ3v) is 3.90. The van der Waals surface area contributed by atoms with E-state index in [1.165, 1.54) is 24.8 Å². The van der Waals surface area contributed by atoms with Crippen molar-refractivity contribution in [3.63, 3.8) is 0 Å². The Kier molecular flexibility index (Phi) is 6.07. The van der Waals surface area contributed by atoms with Gasteiger partial charge in [0.15, 0.2) is 0 Å². The topological polar surface area (TPSA) is 43.7 Å². The fourth-order valence-corrected chi connectivity index (χ4v) is 2.88. The predicted octanol–water partition coefficient (Wildman–Crippen LogP) is 1.77. The van der Waals surface area contributed by atoms with Crippen LogP contribution in [0.5, 0.6) is 0 Å². The second kappa shape index (κ2) is 8.06. The van der Waals surface area contributed by atoms with E-state index >= 15 is 0 Å². The van der Waals surface area contributed by atoms with Gasteiger partial charge in [0, 0.05) is 24.8 Å². The molecule has 3 heteroatoms. The van der Waals surface area contributed by atoms with Crippen LogP contribution < -0.4 is 0 Å². The Morgan fingerprint density at radius 1 is 1.20 bits per heavy atom. The molecule has 108 valence electrons. The van der Waals surface area contributed by atoms with Crippen molar-refractivity contribution in [2.75, 3.05) is 19.8 Å². The first-order valence-corrected chi connectivity index (χ1v) is 7.37. The number of nitrogens with zero attached hydrogens (tertiary/aromatic N) is 1. The van der Waals surface area contributed by atoms with Gasteiger partial charge in [0.1, 0.15) is 6.61 Å². The smallest absolute Gasteiger partial charge is 0.104 e. The minimum atomic E-state index is -0.106. The third kappa shape index (κ3) is 4.08. The van der Waals surface area contributed by atoms with Gasteiger partial charge in [-0.15, -0.1) is 0 Å². The second-order valence-corrected chi connectivity index (χ2v) is 5.25. The van der Waals surface area contributed by atoms with Crippen LogP contribution in [-0.4, -0.2) is 40.9 Å². The highest BCUT2D eigenvalue weighted by Crippen LogP contribution is 2.22. The molecule has 0 aliphatic carbocycles. The fraction of sp³-hybridized carbons (Fsp3) is 0.529. The van der Waals surface area contributed by atoms with Crippen LogP contribution in [0, 0.1) is 11.8 Å². The van der Waals surface area contributed by atoms with Gasteiger partial charge in [0.05, 0.1) is 0 Å². The average Bonchev–Trinajstić information content (AvgIpc) is 2.49. The molecule has 0 amide bonds. The molecule has 1 atom stereocenters. The maximum Gasteiger partial charge on any atom is 0.104 e. The molecule has 1 saturated heterocycles. The normalized spacial score (nSPS) is 19.4. The first-order valence-electron chi connectivity index (χ1n) is 7.37. The number of hydrogen-bond donors (Lipinski definition) is 2. The number of likely N-dealkylation sites (tertiary alicyclic amines) is 1. The number of rotatable bonds is 4. The summed E-state index contributed by atoms with van der Waals surface area (Å²) in [6, 6.07) is 8.60. The lowest BCUT2D eigenvalue weighted by molar-refractivity contribution is 0.112. The molecule has 1 aromatic rings. The molecule has 2 N–H and O–H groups in total. The molecule has 1 aliphatic heterocycles. The highest BCUT2D eigenvalue weighted by molar-refractivity contribution is 5.41. The Hall–Kier alpha value is -1.34. The summed E-state index contributed by atoms with van der Waals surface area (Å²) in [6.07, 6.45) is 4.51. The van der Waals surface area contributed by atoms with Crippen molar-refractivity contribution >= 4 is 0 Å². The van der Waals surface area contributed by atoms with Crippen molar-refractivity contribution in [3.05, 3.63) is 35.4 Å². The lowest BCUT2D eigenvalue weighted by Gasteiger charge is -2.35. The van der Waals surface area contributed by atoms with Crippen LogP contribution >= 0.6 is 0 Å². The van der Waals surface area contributed by atoms with Gasteiger partial charge < -0.3 is 10.2 Å². The summed E-state index contributed by atoms with van der Waals surface area (Å²) in [6.45, 7) is 2.12. The van der Waals surface area contributed by atoms with Gasteiger partial charge in [-0.25, -0.2) is 0 Å². The fourth-order valence-electron chi connectivity index (χ4n) is 2.88. The molecule has 0 radical (unpaired) electrons. The number of piperidine rings is 1. The molecular weight excluding hydrogens is 250 g/mol. The first kappa shape index (κ1) is 15.1. The molecule has 0 bridgehead atoms. The van der Waals surface area contributed by atoms with Crippen LogP contribution in [0.3, 0.4) is 0 Å². The van der Waals surface area contributed by atoms with Crippen LogP contribution in [0.15, 0.2) is 24.3 Å². The van der Waals surface area contributed by atoms with Gasteiger partial charge in [0.25, 0.3) is 0 Å². The maximum absolute atomic E-state index is 9.20. The molecule has 3 nitrogen and oxygen atoms in total. The highest BCUT2D eigenvalue weighted by atomic mass is 16.3. The minimum Gasteiger partial charge on any atom is -0.396 e. The lowest BCUT2D eigenvalue weighted by Crippen LogP contribution is -2.39. The zero-order chi connectivity index (χ0) is 14.2. The van der Waals surface area contributed by atoms with E-state index in [9.17, 15) is 5.11 Å². The van der Waals surface area contributed by atoms with Gasteiger partial charge in [-0.1, -0.05) is 36.5 Å². The molecule has 0 saturated carbocycles. The van der Waals surface area contributed by atoms with Crippen molar-refractivity contribution in [1.29, 1.82) is 0 Å². The Balaban J connectivity index is 2.11. The Morgan fingerprint density at radius 3 is 2.85 bits per heavy atom. The van der Waals surface area contributed by atoms with Gasteiger partial charge >= 0.3 is 0 Å². The van der Waals surface area contributed by atoms with Crippen LogP contribution in [0.4, 0.5) is 0 Å². The van der Waals surface area contributed by atoms with Gasteiger partial charge in [0.2, 0.25) is 0 Å². The average molecular weight is 273 g/mol. The molecule has 1 unspecified atom stereocenters. The summed E-state index contributed by atoms with van der Waals surface area (Å²) in [5.41, 5.74) is 2.20. The van der Waals surface area contributed by atoms with E-state index in [-0.39, 0.29) is 13.2 Å². The van der Waals surface area contributed by atoms with E-state index in [0.717, 1.165) is 25.1 Å². The van der Waals surface area contributed by atoms with Gasteiger partial charge in [-0.05, 0) is 37.4 Å². The number of aliphatic hydroxyl groups excluding tert-OH is 2. The summed E-state index contributed by atoms with van der Waals surface area (Å²) >= 11 is 0. The molecule has 1 aliphatic rings. The molecule has 1 heterocycles. The zero-order valence-electron chi connectivity index (χ0n) is 11.9. The second-order valence-electron chi connectivity index (χ2n) is 5.25. The van der Waals surface area contributed by atoms with E-state index < -0.39 is 0 Å². The van der Waals surface area contributed by atoms with Crippen LogP contribution in [0.25, 0.3) is 0 Å². The van der Waals surface area contributed by atoms with E-state index in [1.807, 2.05) is 18.2 Å². The summed E-state index contributed by atoms with van der Waals surface area (Å²) in [4.78, 5) is 2.46. The van der Waals surface area contributed by atoms with Crippen molar-refractivity contribution < 1.29 is 10.2 Å². The summed E-state index contributed by atoms with van der Waals surface area (Å²) < 4.78 is 0. The molecule has 1 fully saturated rings. The molecule has 2 rings (SSSR count). The molecule has 0 aromatic heterocycles. The third-order valence-electron chi connectivity index (χ3n) is 3.90. The molecular formula is C17H23NO2. The molecule has 1 aromatic carbocycles. The van der Waals surface area contributed by atoms with Crippen molar-refractivity contribution in [1.82, 2.24) is 4.90 Å². The van der Waals surface area contributed by atoms with E-state index in [4.69, 9.17) is 5.11 Å². The summed E-state index contributed by atoms with van der Waals surface area (Å²) in [5, 5.41) is 18.0. The summed E-state index contributed by atoms with van der Waals surface area (Å²) in [7, 11) is 0. The van der Waals surface area contributed by atoms with E-state index in [0.29, 0.717) is 6.04 Å². The standard InChI is InChI=1S/C17H23NO2/c19-12-5-8-15-6-1-2-7-16(15)14-18-11-4-3-9-17(18)10-13-20/h1-2,6-7,17,19-20H,3-4,9-14H2. The van der Waals surface area contributed by atoms with Gasteiger partial charge in [-0.2, -0.15) is 0 Å².